The van der Waals surface area contributed by atoms with Crippen LogP contribution in [0.5, 0.6) is 0 Å². The number of halogens is 1. The van der Waals surface area contributed by atoms with Gasteiger partial charge in [-0.1, -0.05) is 29.8 Å². The molecule has 0 spiro atoms. The Hall–Kier alpha value is -3.67. The van der Waals surface area contributed by atoms with Gasteiger partial charge in [-0.15, -0.1) is 0 Å². The largest absolute Gasteiger partial charge is 0.361 e. The van der Waals surface area contributed by atoms with Gasteiger partial charge in [-0.3, -0.25) is 9.55 Å². The SMILES string of the molecule is NCCCc1ccc(-n2cnc3cnc4cc(Cl)c(-c5ccc6[nH]ccc6c5)cc4c32)cc1. The highest BCUT2D eigenvalue weighted by atomic mass is 35.5. The molecule has 3 aromatic carbocycles. The van der Waals surface area contributed by atoms with Crippen molar-refractivity contribution in [2.45, 2.75) is 12.8 Å². The maximum absolute atomic E-state index is 6.72. The van der Waals surface area contributed by atoms with E-state index in [9.17, 15) is 0 Å². The lowest BCUT2D eigenvalue weighted by Gasteiger charge is -2.11. The number of benzene rings is 3. The fraction of sp³-hybridized carbons (Fsp3) is 0.111. The number of hydrogen-bond acceptors (Lipinski definition) is 3. The molecule has 6 aromatic rings. The molecule has 0 unspecified atom stereocenters. The second kappa shape index (κ2) is 8.03. The van der Waals surface area contributed by atoms with E-state index in [-0.39, 0.29) is 0 Å². The number of nitrogens with two attached hydrogens (primary N) is 1. The van der Waals surface area contributed by atoms with Crippen LogP contribution >= 0.6 is 11.6 Å². The molecule has 3 N–H and O–H groups in total. The van der Waals surface area contributed by atoms with Gasteiger partial charge in [0.2, 0.25) is 0 Å². The summed E-state index contributed by atoms with van der Waals surface area (Å²) >= 11 is 6.72. The van der Waals surface area contributed by atoms with Gasteiger partial charge in [0.15, 0.2) is 0 Å². The van der Waals surface area contributed by atoms with Crippen molar-refractivity contribution in [1.82, 2.24) is 19.5 Å². The molecule has 0 aliphatic heterocycles. The first kappa shape index (κ1) is 20.0. The van der Waals surface area contributed by atoms with Crippen LogP contribution < -0.4 is 5.73 Å². The van der Waals surface area contributed by atoms with Crippen LogP contribution in [0, 0.1) is 0 Å². The fourth-order valence-electron chi connectivity index (χ4n) is 4.48. The zero-order chi connectivity index (χ0) is 22.4. The molecule has 0 amide bonds. The Bertz CT molecular complexity index is 1610. The van der Waals surface area contributed by atoms with Crippen LogP contribution in [0.1, 0.15) is 12.0 Å². The Morgan fingerprint density at radius 2 is 1.82 bits per heavy atom. The maximum atomic E-state index is 6.72. The molecule has 3 aromatic heterocycles. The van der Waals surface area contributed by atoms with E-state index in [1.54, 1.807) is 0 Å². The summed E-state index contributed by atoms with van der Waals surface area (Å²) in [6.07, 6.45) is 7.60. The Kier molecular flexibility index (Phi) is 4.86. The summed E-state index contributed by atoms with van der Waals surface area (Å²) < 4.78 is 2.12. The molecule has 0 saturated carbocycles. The minimum atomic E-state index is 0.680. The summed E-state index contributed by atoms with van der Waals surface area (Å²) in [6, 6.07) is 21.1. The molecule has 0 radical (unpaired) electrons. The number of nitrogens with zero attached hydrogens (tertiary/aromatic N) is 3. The number of aromatic amines is 1. The van der Waals surface area contributed by atoms with E-state index in [1.165, 1.54) is 5.56 Å². The number of aromatic nitrogens is 4. The van der Waals surface area contributed by atoms with E-state index in [0.717, 1.165) is 62.5 Å². The standard InChI is InChI=1S/C27H22ClN5/c28-23-14-25-22(13-21(23)18-5-8-24-19(12-18)9-11-30-24)27-26(15-31-25)32-16-33(27)20-6-3-17(4-7-20)2-1-10-29/h3-9,11-16,30H,1-2,10,29H2. The van der Waals surface area contributed by atoms with E-state index in [1.807, 2.05) is 24.8 Å². The van der Waals surface area contributed by atoms with Crippen LogP contribution in [0.15, 0.2) is 79.4 Å². The number of H-pyrrole nitrogens is 1. The molecule has 0 saturated heterocycles. The normalized spacial score (nSPS) is 11.7. The Morgan fingerprint density at radius 3 is 2.67 bits per heavy atom. The van der Waals surface area contributed by atoms with E-state index < -0.39 is 0 Å². The molecule has 0 fully saturated rings. The van der Waals surface area contributed by atoms with Gasteiger partial charge >= 0.3 is 0 Å². The van der Waals surface area contributed by atoms with Crippen LogP contribution in [0.4, 0.5) is 0 Å². The van der Waals surface area contributed by atoms with Gasteiger partial charge in [-0.05, 0) is 78.4 Å². The molecule has 5 nitrogen and oxygen atoms in total. The third kappa shape index (κ3) is 3.46. The van der Waals surface area contributed by atoms with E-state index in [4.69, 9.17) is 17.3 Å². The monoisotopic (exact) mass is 451 g/mol. The smallest absolute Gasteiger partial charge is 0.108 e. The summed E-state index contributed by atoms with van der Waals surface area (Å²) in [5.41, 5.74) is 13.9. The minimum absolute atomic E-state index is 0.680. The Labute approximate surface area is 195 Å². The van der Waals surface area contributed by atoms with Crippen LogP contribution in [-0.2, 0) is 6.42 Å². The fourth-order valence-corrected chi connectivity index (χ4v) is 4.75. The third-order valence-corrected chi connectivity index (χ3v) is 6.52. The molecule has 6 rings (SSSR count). The van der Waals surface area contributed by atoms with E-state index in [2.05, 4.69) is 74.1 Å². The predicted octanol–water partition coefficient (Wildman–Crippen LogP) is 6.27. The summed E-state index contributed by atoms with van der Waals surface area (Å²) in [5.74, 6) is 0. The van der Waals surface area contributed by atoms with Gasteiger partial charge in [-0.25, -0.2) is 4.98 Å². The van der Waals surface area contributed by atoms with Crippen molar-refractivity contribution in [2.24, 2.45) is 5.73 Å². The lowest BCUT2D eigenvalue weighted by Crippen LogP contribution is -2.00. The summed E-state index contributed by atoms with van der Waals surface area (Å²) in [7, 11) is 0. The molecule has 0 atom stereocenters. The number of aryl methyl sites for hydroxylation is 1. The lowest BCUT2D eigenvalue weighted by atomic mass is 10.0. The van der Waals surface area contributed by atoms with Gasteiger partial charge in [0.05, 0.1) is 22.3 Å². The second-order valence-electron chi connectivity index (χ2n) is 8.29. The highest BCUT2D eigenvalue weighted by Gasteiger charge is 2.14. The van der Waals surface area contributed by atoms with Gasteiger partial charge < -0.3 is 10.7 Å². The first-order valence-corrected chi connectivity index (χ1v) is 11.4. The zero-order valence-corrected chi connectivity index (χ0v) is 18.7. The maximum Gasteiger partial charge on any atom is 0.108 e. The van der Waals surface area contributed by atoms with Crippen molar-refractivity contribution in [3.8, 4) is 16.8 Å². The average Bonchev–Trinajstić information content (AvgIpc) is 3.49. The molecular formula is C27H22ClN5. The number of pyridine rings is 1. The number of fused-ring (bicyclic) bond motifs is 4. The van der Waals surface area contributed by atoms with Crippen molar-refractivity contribution >= 4 is 44.4 Å². The highest BCUT2D eigenvalue weighted by molar-refractivity contribution is 6.34. The summed E-state index contributed by atoms with van der Waals surface area (Å²) in [6.45, 7) is 0.703. The molecule has 0 aliphatic carbocycles. The van der Waals surface area contributed by atoms with Gasteiger partial charge in [0.25, 0.3) is 0 Å². The van der Waals surface area contributed by atoms with Crippen molar-refractivity contribution in [3.05, 3.63) is 90.0 Å². The van der Waals surface area contributed by atoms with Crippen LogP contribution in [0.3, 0.4) is 0 Å². The number of imidazole rings is 1. The summed E-state index contributed by atoms with van der Waals surface area (Å²) in [5, 5.41) is 2.85. The zero-order valence-electron chi connectivity index (χ0n) is 17.9. The first-order valence-electron chi connectivity index (χ1n) is 11.0. The van der Waals surface area contributed by atoms with E-state index in [0.29, 0.717) is 11.6 Å². The predicted molar refractivity (Wildman–Crippen MR) is 136 cm³/mol. The van der Waals surface area contributed by atoms with Gasteiger partial charge in [-0.2, -0.15) is 0 Å². The van der Waals surface area contributed by atoms with Crippen molar-refractivity contribution < 1.29 is 0 Å². The van der Waals surface area contributed by atoms with Gasteiger partial charge in [0, 0.05) is 28.4 Å². The molecule has 162 valence electrons. The number of rotatable bonds is 5. The Morgan fingerprint density at radius 1 is 0.939 bits per heavy atom. The van der Waals surface area contributed by atoms with Crippen molar-refractivity contribution in [1.29, 1.82) is 0 Å². The second-order valence-corrected chi connectivity index (χ2v) is 8.70. The number of nitrogens with one attached hydrogen (secondary N) is 1. The molecule has 6 heteroatoms. The van der Waals surface area contributed by atoms with Crippen molar-refractivity contribution in [2.75, 3.05) is 6.54 Å². The lowest BCUT2D eigenvalue weighted by molar-refractivity contribution is 0.832. The summed E-state index contributed by atoms with van der Waals surface area (Å²) in [4.78, 5) is 12.5. The molecule has 33 heavy (non-hydrogen) atoms. The van der Waals surface area contributed by atoms with Crippen LogP contribution in [0.25, 0.3) is 49.7 Å². The molecule has 0 aliphatic rings. The van der Waals surface area contributed by atoms with Gasteiger partial charge in [0.1, 0.15) is 11.8 Å². The quantitative estimate of drug-likeness (QED) is 0.324. The first-order chi connectivity index (χ1) is 16.2. The highest BCUT2D eigenvalue weighted by Crippen LogP contribution is 2.36. The minimum Gasteiger partial charge on any atom is -0.361 e. The average molecular weight is 452 g/mol. The van der Waals surface area contributed by atoms with Crippen LogP contribution in [0.2, 0.25) is 5.02 Å². The van der Waals surface area contributed by atoms with Crippen LogP contribution in [-0.4, -0.2) is 26.1 Å². The molecule has 0 bridgehead atoms. The Balaban J connectivity index is 1.52. The molecule has 3 heterocycles. The van der Waals surface area contributed by atoms with E-state index >= 15 is 0 Å². The van der Waals surface area contributed by atoms with Crippen molar-refractivity contribution in [3.63, 3.8) is 0 Å². The number of hydrogen-bond donors (Lipinski definition) is 2. The molecular weight excluding hydrogens is 430 g/mol. The topological polar surface area (TPSA) is 72.5 Å². The third-order valence-electron chi connectivity index (χ3n) is 6.21.